The minimum Gasteiger partial charge on any atom is -0.368 e. The van der Waals surface area contributed by atoms with Gasteiger partial charge in [-0.2, -0.15) is 0 Å². The molecule has 9 heteroatoms. The van der Waals surface area contributed by atoms with Crippen molar-refractivity contribution in [2.24, 2.45) is 4.99 Å². The molecule has 2 aromatic carbocycles. The maximum atomic E-state index is 13.0. The number of aliphatic imine (C=N–C) groups is 1. The average Bonchev–Trinajstić information content (AvgIpc) is 3.53. The van der Waals surface area contributed by atoms with E-state index in [-0.39, 0.29) is 5.91 Å². The van der Waals surface area contributed by atoms with Crippen LogP contribution < -0.4 is 5.32 Å². The van der Waals surface area contributed by atoms with E-state index < -0.39 is 10.0 Å². The van der Waals surface area contributed by atoms with Crippen molar-refractivity contribution in [1.82, 2.24) is 14.5 Å². The third kappa shape index (κ3) is 5.48. The molecule has 0 radical (unpaired) electrons. The molecule has 0 bridgehead atoms. The number of hydrogen-bond acceptors (Lipinski definition) is 6. The molecule has 3 aromatic rings. The Kier molecular flexibility index (Phi) is 7.65. The van der Waals surface area contributed by atoms with Crippen molar-refractivity contribution in [3.05, 3.63) is 65.0 Å². The highest BCUT2D eigenvalue weighted by atomic mass is 32.2. The molecule has 2 heterocycles. The molecule has 0 fully saturated rings. The molecule has 0 unspecified atom stereocenters. The van der Waals surface area contributed by atoms with E-state index in [1.807, 2.05) is 24.3 Å². The highest BCUT2D eigenvalue weighted by Crippen LogP contribution is 2.30. The van der Waals surface area contributed by atoms with Crippen LogP contribution in [0.4, 0.5) is 0 Å². The summed E-state index contributed by atoms with van der Waals surface area (Å²) in [5, 5.41) is 5.71. The maximum absolute atomic E-state index is 13.0. The Bertz CT molecular complexity index is 1280. The first-order valence-corrected chi connectivity index (χ1v) is 13.7. The van der Waals surface area contributed by atoms with E-state index in [0.717, 1.165) is 46.6 Å². The van der Waals surface area contributed by atoms with Gasteiger partial charge in [0.2, 0.25) is 15.9 Å². The van der Waals surface area contributed by atoms with Crippen LogP contribution in [0.1, 0.15) is 24.0 Å². The van der Waals surface area contributed by atoms with Gasteiger partial charge < -0.3 is 10.2 Å². The zero-order chi connectivity index (χ0) is 24.1. The fourth-order valence-electron chi connectivity index (χ4n) is 3.93. The Morgan fingerprint density at radius 3 is 2.59 bits per heavy atom. The summed E-state index contributed by atoms with van der Waals surface area (Å²) in [5.74, 6) is 0.964. The molecule has 7 nitrogen and oxygen atoms in total. The van der Waals surface area contributed by atoms with Gasteiger partial charge in [0, 0.05) is 61.2 Å². The Morgan fingerprint density at radius 2 is 1.85 bits per heavy atom. The number of thiophene rings is 1. The van der Waals surface area contributed by atoms with Crippen LogP contribution in [-0.2, 0) is 21.2 Å². The van der Waals surface area contributed by atoms with Gasteiger partial charge >= 0.3 is 0 Å². The summed E-state index contributed by atoms with van der Waals surface area (Å²) in [7, 11) is -0.217. The van der Waals surface area contributed by atoms with E-state index in [1.54, 1.807) is 24.4 Å². The lowest BCUT2D eigenvalue weighted by atomic mass is 10.1. The molecule has 0 saturated heterocycles. The van der Waals surface area contributed by atoms with Gasteiger partial charge in [0.25, 0.3) is 0 Å². The van der Waals surface area contributed by atoms with Crippen LogP contribution in [-0.4, -0.2) is 69.6 Å². The molecule has 0 saturated carbocycles. The molecule has 0 aliphatic carbocycles. The number of rotatable bonds is 10. The van der Waals surface area contributed by atoms with E-state index >= 15 is 0 Å². The van der Waals surface area contributed by atoms with Gasteiger partial charge in [-0.15, -0.1) is 11.3 Å². The van der Waals surface area contributed by atoms with Gasteiger partial charge in [-0.25, -0.2) is 12.7 Å². The van der Waals surface area contributed by atoms with E-state index in [2.05, 4.69) is 34.6 Å². The molecular formula is C25H30N4O3S2. The number of carbonyl (C=O) groups is 1. The van der Waals surface area contributed by atoms with Crippen LogP contribution in [0.3, 0.4) is 0 Å². The van der Waals surface area contributed by atoms with E-state index in [9.17, 15) is 13.2 Å². The summed E-state index contributed by atoms with van der Waals surface area (Å²) < 4.78 is 28.3. The van der Waals surface area contributed by atoms with Crippen LogP contribution in [0.5, 0.6) is 0 Å². The monoisotopic (exact) mass is 498 g/mol. The molecule has 34 heavy (non-hydrogen) atoms. The Balaban J connectivity index is 1.24. The van der Waals surface area contributed by atoms with Gasteiger partial charge in [-0.3, -0.25) is 9.79 Å². The minimum atomic E-state index is -3.59. The first kappa shape index (κ1) is 24.4. The van der Waals surface area contributed by atoms with Gasteiger partial charge in [0.05, 0.1) is 6.54 Å². The fraction of sp³-hybridized carbons (Fsp3) is 0.360. The lowest BCUT2D eigenvalue weighted by molar-refractivity contribution is -0.130. The third-order valence-corrected chi connectivity index (χ3v) is 9.07. The molecule has 4 rings (SSSR count). The molecule has 1 aliphatic rings. The summed E-state index contributed by atoms with van der Waals surface area (Å²) in [4.78, 5) is 19.0. The summed E-state index contributed by atoms with van der Waals surface area (Å²) >= 11 is 1.43. The van der Waals surface area contributed by atoms with Gasteiger partial charge in [-0.1, -0.05) is 42.5 Å². The molecule has 1 N–H and O–H groups in total. The lowest BCUT2D eigenvalue weighted by Gasteiger charge is -2.19. The highest BCUT2D eigenvalue weighted by Gasteiger charge is 2.24. The topological polar surface area (TPSA) is 82.1 Å². The summed E-state index contributed by atoms with van der Waals surface area (Å²) in [5.41, 5.74) is 2.25. The largest absolute Gasteiger partial charge is 0.368 e. The van der Waals surface area contributed by atoms with E-state index in [1.165, 1.54) is 15.6 Å². The second-order valence-electron chi connectivity index (χ2n) is 8.45. The zero-order valence-electron chi connectivity index (χ0n) is 19.5. The Morgan fingerprint density at radius 1 is 1.09 bits per heavy atom. The second-order valence-corrected chi connectivity index (χ2v) is 11.4. The molecular weight excluding hydrogens is 468 g/mol. The smallest absolute Gasteiger partial charge is 0.244 e. The summed E-state index contributed by atoms with van der Waals surface area (Å²) in [6.45, 7) is 2.62. The number of amidine groups is 1. The number of fused-ring (bicyclic) bond motifs is 1. The number of amides is 1. The Labute approximate surface area is 205 Å². The highest BCUT2D eigenvalue weighted by molar-refractivity contribution is 7.89. The average molecular weight is 499 g/mol. The van der Waals surface area contributed by atoms with Crippen molar-refractivity contribution in [2.45, 2.75) is 24.2 Å². The van der Waals surface area contributed by atoms with Crippen LogP contribution in [0.2, 0.25) is 0 Å². The number of sulfonamides is 1. The zero-order valence-corrected chi connectivity index (χ0v) is 21.2. The number of nitrogens with zero attached hydrogens (tertiary/aromatic N) is 3. The molecule has 180 valence electrons. The SMILES string of the molecule is CN(CCc1ccc(C2=NCCN2)cc1)C(=O)CCCN(C)S(=O)(=O)c1csc2ccccc12. The molecule has 1 amide bonds. The van der Waals surface area contributed by atoms with Gasteiger partial charge in [0.1, 0.15) is 10.7 Å². The standard InChI is InChI=1S/C25H30N4O3S2/c1-28(17-13-19-9-11-20(12-10-19)25-26-14-15-27-25)24(30)8-5-16-29(2)34(31,32)23-18-33-22-7-4-3-6-21(22)23/h3-4,6-7,9-12,18H,5,8,13-17H2,1-2H3,(H,26,27). The first-order valence-electron chi connectivity index (χ1n) is 11.4. The third-order valence-electron chi connectivity index (χ3n) is 6.06. The number of likely N-dealkylation sites (N-methyl/N-ethyl adjacent to an activating group) is 1. The van der Waals surface area contributed by atoms with E-state index in [4.69, 9.17) is 0 Å². The first-order chi connectivity index (χ1) is 16.4. The normalized spacial score (nSPS) is 13.8. The van der Waals surface area contributed by atoms with Crippen molar-refractivity contribution < 1.29 is 13.2 Å². The molecule has 1 aliphatic heterocycles. The number of carbonyl (C=O) groups excluding carboxylic acids is 1. The van der Waals surface area contributed by atoms with Crippen LogP contribution in [0.25, 0.3) is 10.1 Å². The molecule has 0 spiro atoms. The molecule has 0 atom stereocenters. The van der Waals surface area contributed by atoms with Crippen molar-refractivity contribution in [3.63, 3.8) is 0 Å². The van der Waals surface area contributed by atoms with Gasteiger partial charge in [0.15, 0.2) is 0 Å². The number of hydrogen-bond donors (Lipinski definition) is 1. The second kappa shape index (κ2) is 10.7. The lowest BCUT2D eigenvalue weighted by Crippen LogP contribution is -2.31. The predicted octanol–water partition coefficient (Wildman–Crippen LogP) is 3.35. The quantitative estimate of drug-likeness (QED) is 0.465. The van der Waals surface area contributed by atoms with Crippen LogP contribution in [0.15, 0.2) is 63.8 Å². The van der Waals surface area contributed by atoms with E-state index in [0.29, 0.717) is 30.8 Å². The van der Waals surface area contributed by atoms with Crippen LogP contribution >= 0.6 is 11.3 Å². The maximum Gasteiger partial charge on any atom is 0.244 e. The number of benzene rings is 2. The summed E-state index contributed by atoms with van der Waals surface area (Å²) in [6.07, 6.45) is 1.55. The number of nitrogens with one attached hydrogen (secondary N) is 1. The van der Waals surface area contributed by atoms with Crippen LogP contribution in [0, 0.1) is 0 Å². The molecule has 1 aromatic heterocycles. The van der Waals surface area contributed by atoms with Crippen molar-refractivity contribution in [1.29, 1.82) is 0 Å². The van der Waals surface area contributed by atoms with Crippen molar-refractivity contribution in [2.75, 3.05) is 40.3 Å². The predicted molar refractivity (Wildman–Crippen MR) is 138 cm³/mol. The van der Waals surface area contributed by atoms with Gasteiger partial charge in [-0.05, 0) is 24.5 Å². The van der Waals surface area contributed by atoms with Crippen molar-refractivity contribution >= 4 is 43.2 Å². The fourth-order valence-corrected chi connectivity index (χ4v) is 6.61. The van der Waals surface area contributed by atoms with Crippen molar-refractivity contribution in [3.8, 4) is 0 Å². The Hall–Kier alpha value is -2.75. The minimum absolute atomic E-state index is 0.0212. The summed E-state index contributed by atoms with van der Waals surface area (Å²) in [6, 6.07) is 15.8.